The summed E-state index contributed by atoms with van der Waals surface area (Å²) in [5.41, 5.74) is 0.963. The molecule has 0 aromatic heterocycles. The number of hydrogen-bond acceptors (Lipinski definition) is 6. The Kier molecular flexibility index (Phi) is 13.1. The lowest BCUT2D eigenvalue weighted by molar-refractivity contribution is -0.00862. The lowest BCUT2D eigenvalue weighted by Gasteiger charge is -2.37. The molecule has 2 unspecified atom stereocenters. The van der Waals surface area contributed by atoms with Gasteiger partial charge in [-0.3, -0.25) is 0 Å². The third kappa shape index (κ3) is 9.66. The first kappa shape index (κ1) is 28.2. The van der Waals surface area contributed by atoms with E-state index in [4.69, 9.17) is 21.1 Å². The molecule has 1 aromatic carbocycles. The van der Waals surface area contributed by atoms with Crippen LogP contribution in [0.4, 0.5) is 9.59 Å². The van der Waals surface area contributed by atoms with Crippen LogP contribution in [0.3, 0.4) is 0 Å². The van der Waals surface area contributed by atoms with Gasteiger partial charge in [0.2, 0.25) is 0 Å². The van der Waals surface area contributed by atoms with Gasteiger partial charge in [-0.15, -0.1) is 0 Å². The van der Waals surface area contributed by atoms with Crippen molar-refractivity contribution in [2.24, 2.45) is 5.92 Å². The number of urea groups is 1. The Bertz CT molecular complexity index is 754. The van der Waals surface area contributed by atoms with Crippen molar-refractivity contribution < 1.29 is 23.8 Å². The molecule has 1 aliphatic heterocycles. The van der Waals surface area contributed by atoms with Gasteiger partial charge in [-0.1, -0.05) is 23.7 Å². The molecule has 0 radical (unpaired) electrons. The van der Waals surface area contributed by atoms with Gasteiger partial charge < -0.3 is 35.1 Å². The van der Waals surface area contributed by atoms with Gasteiger partial charge in [-0.05, 0) is 50.4 Å². The molecule has 34 heavy (non-hydrogen) atoms. The highest BCUT2D eigenvalue weighted by atomic mass is 35.5. The Labute approximate surface area is 207 Å². The Morgan fingerprint density at radius 2 is 2.09 bits per heavy atom. The van der Waals surface area contributed by atoms with Crippen LogP contribution in [0, 0.1) is 5.92 Å². The number of rotatable bonds is 13. The van der Waals surface area contributed by atoms with E-state index in [1.165, 1.54) is 7.11 Å². The van der Waals surface area contributed by atoms with Crippen molar-refractivity contribution in [3.8, 4) is 0 Å². The van der Waals surface area contributed by atoms with Gasteiger partial charge in [-0.2, -0.15) is 0 Å². The van der Waals surface area contributed by atoms with E-state index in [1.54, 1.807) is 7.11 Å². The van der Waals surface area contributed by atoms with Gasteiger partial charge >= 0.3 is 12.1 Å². The first-order valence-electron chi connectivity index (χ1n) is 11.9. The molecule has 192 valence electrons. The molecule has 3 N–H and O–H groups in total. The third-order valence-electron chi connectivity index (χ3n) is 5.88. The summed E-state index contributed by atoms with van der Waals surface area (Å²) in [6, 6.07) is 7.60. The second-order valence-corrected chi connectivity index (χ2v) is 8.89. The number of ether oxygens (including phenoxy) is 3. The second kappa shape index (κ2) is 15.8. The topological polar surface area (TPSA) is 101 Å². The van der Waals surface area contributed by atoms with Gasteiger partial charge in [0.15, 0.2) is 0 Å². The number of likely N-dealkylation sites (tertiary alicyclic amines) is 1. The maximum absolute atomic E-state index is 13.1. The van der Waals surface area contributed by atoms with Gasteiger partial charge in [0.1, 0.15) is 0 Å². The lowest BCUT2D eigenvalue weighted by Crippen LogP contribution is -2.51. The molecule has 1 aliphatic rings. The number of methoxy groups -OCH3 is 2. The Morgan fingerprint density at radius 3 is 2.79 bits per heavy atom. The first-order chi connectivity index (χ1) is 16.5. The monoisotopic (exact) mass is 498 g/mol. The molecule has 1 saturated heterocycles. The molecule has 9 nitrogen and oxygen atoms in total. The Hall–Kier alpha value is -2.07. The van der Waals surface area contributed by atoms with Crippen molar-refractivity contribution in [2.45, 2.75) is 37.8 Å². The van der Waals surface area contributed by atoms with Crippen molar-refractivity contribution in [3.63, 3.8) is 0 Å². The predicted octanol–water partition coefficient (Wildman–Crippen LogP) is 3.19. The third-order valence-corrected chi connectivity index (χ3v) is 6.12. The number of hydrogen-bond donors (Lipinski definition) is 3. The average molecular weight is 499 g/mol. The van der Waals surface area contributed by atoms with E-state index in [0.717, 1.165) is 31.2 Å². The molecule has 3 atom stereocenters. The fourth-order valence-corrected chi connectivity index (χ4v) is 4.45. The number of carbonyl (C=O) groups is 2. The van der Waals surface area contributed by atoms with E-state index in [9.17, 15) is 9.59 Å². The van der Waals surface area contributed by atoms with Gasteiger partial charge in [0.05, 0.1) is 19.8 Å². The van der Waals surface area contributed by atoms with Crippen LogP contribution in [0.2, 0.25) is 5.02 Å². The summed E-state index contributed by atoms with van der Waals surface area (Å²) in [6.45, 7) is 3.31. The minimum atomic E-state index is -0.495. The second-order valence-electron chi connectivity index (χ2n) is 8.45. The number of nitrogens with zero attached hydrogens (tertiary/aromatic N) is 1. The highest BCUT2D eigenvalue weighted by Gasteiger charge is 2.32. The molecule has 3 amide bonds. The van der Waals surface area contributed by atoms with Gasteiger partial charge in [0.25, 0.3) is 0 Å². The normalized spacial score (nSPS) is 17.6. The van der Waals surface area contributed by atoms with E-state index >= 15 is 0 Å². The number of nitrogens with one attached hydrogen (secondary N) is 3. The van der Waals surface area contributed by atoms with Crippen molar-refractivity contribution >= 4 is 23.7 Å². The van der Waals surface area contributed by atoms with Crippen LogP contribution < -0.4 is 16.0 Å². The highest BCUT2D eigenvalue weighted by molar-refractivity contribution is 6.30. The number of amides is 3. The summed E-state index contributed by atoms with van der Waals surface area (Å²) in [5.74, 6) is 0.104. The van der Waals surface area contributed by atoms with Crippen LogP contribution in [0.1, 0.15) is 37.4 Å². The van der Waals surface area contributed by atoms with Crippen LogP contribution in [0.25, 0.3) is 0 Å². The molecule has 0 spiro atoms. The first-order valence-corrected chi connectivity index (χ1v) is 12.2. The number of piperidine rings is 1. The molecule has 0 saturated carbocycles. The van der Waals surface area contributed by atoms with Crippen molar-refractivity contribution in [1.82, 2.24) is 20.9 Å². The molecule has 1 aromatic rings. The number of halogens is 1. The van der Waals surface area contributed by atoms with Crippen molar-refractivity contribution in [3.05, 3.63) is 34.9 Å². The van der Waals surface area contributed by atoms with Crippen LogP contribution in [0.5, 0.6) is 0 Å². The zero-order valence-corrected chi connectivity index (χ0v) is 21.2. The zero-order valence-electron chi connectivity index (χ0n) is 20.5. The quantitative estimate of drug-likeness (QED) is 0.361. The van der Waals surface area contributed by atoms with E-state index in [1.807, 2.05) is 36.2 Å². The molecular formula is C24H39ClN4O5. The summed E-state index contributed by atoms with van der Waals surface area (Å²) < 4.78 is 16.0. The Balaban J connectivity index is 2.03. The molecule has 1 fully saturated rings. The summed E-state index contributed by atoms with van der Waals surface area (Å²) in [5, 5.41) is 9.59. The number of alkyl carbamates (subject to hydrolysis) is 1. The van der Waals surface area contributed by atoms with Crippen LogP contribution in [-0.4, -0.2) is 83.7 Å². The van der Waals surface area contributed by atoms with E-state index < -0.39 is 6.09 Å². The maximum Gasteiger partial charge on any atom is 0.406 e. The largest absolute Gasteiger partial charge is 0.453 e. The maximum atomic E-state index is 13.1. The summed E-state index contributed by atoms with van der Waals surface area (Å²) >= 11 is 6.25. The summed E-state index contributed by atoms with van der Waals surface area (Å²) in [7, 11) is 4.89. The van der Waals surface area contributed by atoms with Gasteiger partial charge in [0, 0.05) is 56.9 Å². The zero-order chi connectivity index (χ0) is 24.8. The minimum absolute atomic E-state index is 0.0393. The standard InChI is InChI=1S/C24H39ClN4O5/c1-26-16-21(10-6-13-32-2)28-23(30)29-12-5-8-19(17-29)22(18-7-4-9-20(25)15-18)34-14-11-27-24(31)33-3/h4,7,9,15,19,21-22,26H,5-6,8,10-14,16-17H2,1-3H3,(H,27,31)(H,28,30)/t19?,21?,22-/m0/s1. The van der Waals surface area contributed by atoms with Gasteiger partial charge in [-0.25, -0.2) is 9.59 Å². The molecule has 0 bridgehead atoms. The summed E-state index contributed by atoms with van der Waals surface area (Å²) in [4.78, 5) is 26.3. The summed E-state index contributed by atoms with van der Waals surface area (Å²) in [6.07, 6.45) is 2.81. The number of carbonyl (C=O) groups excluding carboxylic acids is 2. The molecule has 1 heterocycles. The number of likely N-dealkylation sites (N-methyl/N-ethyl adjacent to an activating group) is 1. The van der Waals surface area contributed by atoms with Crippen LogP contribution in [0.15, 0.2) is 24.3 Å². The van der Waals surface area contributed by atoms with Crippen molar-refractivity contribution in [1.29, 1.82) is 0 Å². The van der Waals surface area contributed by atoms with Crippen molar-refractivity contribution in [2.75, 3.05) is 60.7 Å². The lowest BCUT2D eigenvalue weighted by atomic mass is 9.88. The highest BCUT2D eigenvalue weighted by Crippen LogP contribution is 2.34. The molecule has 10 heteroatoms. The smallest absolute Gasteiger partial charge is 0.406 e. The fraction of sp³-hybridized carbons (Fsp3) is 0.667. The molecular weight excluding hydrogens is 460 g/mol. The SMILES string of the molecule is CNCC(CCCOC)NC(=O)N1CCCC([C@@H](OCCNC(=O)OC)c2cccc(Cl)c2)C1. The van der Waals surface area contributed by atoms with E-state index in [-0.39, 0.29) is 24.1 Å². The van der Waals surface area contributed by atoms with Crippen LogP contribution >= 0.6 is 11.6 Å². The molecule has 2 rings (SSSR count). The molecule has 0 aliphatic carbocycles. The van der Waals surface area contributed by atoms with E-state index in [2.05, 4.69) is 20.7 Å². The van der Waals surface area contributed by atoms with Crippen LogP contribution in [-0.2, 0) is 14.2 Å². The number of benzene rings is 1. The van der Waals surface area contributed by atoms with E-state index in [0.29, 0.717) is 44.4 Å². The average Bonchev–Trinajstić information content (AvgIpc) is 2.84. The predicted molar refractivity (Wildman–Crippen MR) is 132 cm³/mol. The Morgan fingerprint density at radius 1 is 1.26 bits per heavy atom. The fourth-order valence-electron chi connectivity index (χ4n) is 4.25. The minimum Gasteiger partial charge on any atom is -0.453 e.